The lowest BCUT2D eigenvalue weighted by Gasteiger charge is -2.63. The molecule has 3 aliphatic carbocycles. The topological polar surface area (TPSA) is 77.8 Å². The van der Waals surface area contributed by atoms with Gasteiger partial charge in [0.2, 0.25) is 0 Å². The summed E-state index contributed by atoms with van der Waals surface area (Å²) >= 11 is 0. The first-order chi connectivity index (χ1) is 8.61. The molecule has 0 radical (unpaired) electrons. The second-order valence-corrected chi connectivity index (χ2v) is 7.57. The molecule has 0 amide bonds. The van der Waals surface area contributed by atoms with Gasteiger partial charge in [0, 0.05) is 16.9 Å². The van der Waals surface area contributed by atoms with Gasteiger partial charge in [0.1, 0.15) is 6.29 Å². The summed E-state index contributed by atoms with van der Waals surface area (Å²) in [6.07, 6.45) is 3.13. The molecule has 0 aromatic rings. The van der Waals surface area contributed by atoms with Gasteiger partial charge < -0.3 is 15.3 Å². The molecule has 4 heteroatoms. The van der Waals surface area contributed by atoms with E-state index in [-0.39, 0.29) is 5.57 Å². The highest BCUT2D eigenvalue weighted by molar-refractivity contribution is 5.79. The van der Waals surface area contributed by atoms with E-state index in [0.29, 0.717) is 19.1 Å². The summed E-state index contributed by atoms with van der Waals surface area (Å²) in [4.78, 5) is 11.3. The number of aldehydes is 1. The molecule has 0 bridgehead atoms. The molecule has 19 heavy (non-hydrogen) atoms. The summed E-state index contributed by atoms with van der Waals surface area (Å²) in [5.74, 6) is -0.419. The van der Waals surface area contributed by atoms with Crippen LogP contribution in [0.4, 0.5) is 0 Å². The van der Waals surface area contributed by atoms with Crippen LogP contribution in [0.1, 0.15) is 40.0 Å². The Balaban J connectivity index is 2.20. The van der Waals surface area contributed by atoms with E-state index in [9.17, 15) is 20.1 Å². The van der Waals surface area contributed by atoms with Crippen LogP contribution in [-0.2, 0) is 4.79 Å². The summed E-state index contributed by atoms with van der Waals surface area (Å²) in [5, 5.41) is 32.3. The summed E-state index contributed by atoms with van der Waals surface area (Å²) < 4.78 is 0. The van der Waals surface area contributed by atoms with Gasteiger partial charge in [-0.2, -0.15) is 0 Å². The molecule has 3 N–H and O–H groups in total. The first-order valence-electron chi connectivity index (χ1n) is 6.92. The number of carbonyl (C=O) groups excluding carboxylic acids is 1. The van der Waals surface area contributed by atoms with Crippen molar-refractivity contribution in [3.63, 3.8) is 0 Å². The number of aliphatic hydroxyl groups excluding tert-OH is 1. The quantitative estimate of drug-likeness (QED) is 0.613. The molecule has 3 aliphatic rings. The number of aliphatic hydroxyl groups is 3. The number of hydrogen-bond acceptors (Lipinski definition) is 4. The van der Waals surface area contributed by atoms with Gasteiger partial charge in [-0.15, -0.1) is 0 Å². The Labute approximate surface area is 113 Å². The highest BCUT2D eigenvalue weighted by atomic mass is 16.3. The lowest BCUT2D eigenvalue weighted by atomic mass is 9.44. The molecule has 0 aromatic carbocycles. The predicted octanol–water partition coefficient (Wildman–Crippen LogP) is 0.795. The Kier molecular flexibility index (Phi) is 2.31. The lowest BCUT2D eigenvalue weighted by Crippen LogP contribution is -2.68. The maximum Gasteiger partial charge on any atom is 0.148 e. The number of rotatable bonds is 1. The highest BCUT2D eigenvalue weighted by Crippen LogP contribution is 2.68. The molecule has 3 unspecified atom stereocenters. The van der Waals surface area contributed by atoms with E-state index in [1.165, 1.54) is 6.08 Å². The van der Waals surface area contributed by atoms with Crippen molar-refractivity contribution in [2.75, 3.05) is 0 Å². The van der Waals surface area contributed by atoms with Crippen LogP contribution in [0.2, 0.25) is 0 Å². The molecule has 0 aromatic heterocycles. The van der Waals surface area contributed by atoms with Crippen LogP contribution in [-0.4, -0.2) is 38.9 Å². The van der Waals surface area contributed by atoms with E-state index in [2.05, 4.69) is 0 Å². The normalized spacial score (nSPS) is 54.7. The summed E-state index contributed by atoms with van der Waals surface area (Å²) in [6.45, 7) is 5.72. The van der Waals surface area contributed by atoms with Gasteiger partial charge in [0.25, 0.3) is 0 Å². The SMILES string of the molecule is CC1(C)CC2(O)C=C(C=O)C3(O)CC[C@]3(C)C2[C@H]1O. The Morgan fingerprint density at radius 1 is 1.26 bits per heavy atom. The fourth-order valence-corrected chi connectivity index (χ4v) is 4.87. The molecular weight excluding hydrogens is 244 g/mol. The average Bonchev–Trinajstić information content (AvgIpc) is 2.49. The predicted molar refractivity (Wildman–Crippen MR) is 69.3 cm³/mol. The molecule has 5 atom stereocenters. The van der Waals surface area contributed by atoms with Crippen molar-refractivity contribution in [3.05, 3.63) is 11.6 Å². The minimum Gasteiger partial charge on any atom is -0.392 e. The first-order valence-corrected chi connectivity index (χ1v) is 6.92. The maximum absolute atomic E-state index is 11.3. The van der Waals surface area contributed by atoms with Crippen molar-refractivity contribution in [2.24, 2.45) is 16.7 Å². The molecule has 0 saturated heterocycles. The third-order valence-electron chi connectivity index (χ3n) is 6.04. The van der Waals surface area contributed by atoms with E-state index in [1.54, 1.807) is 0 Å². The third-order valence-corrected chi connectivity index (χ3v) is 6.04. The minimum absolute atomic E-state index is 0.282. The van der Waals surface area contributed by atoms with Gasteiger partial charge >= 0.3 is 0 Å². The first kappa shape index (κ1) is 13.3. The zero-order valence-corrected chi connectivity index (χ0v) is 11.7. The van der Waals surface area contributed by atoms with Gasteiger partial charge in [-0.05, 0) is 30.8 Å². The molecule has 0 aliphatic heterocycles. The van der Waals surface area contributed by atoms with Crippen molar-refractivity contribution in [2.45, 2.75) is 57.3 Å². The average molecular weight is 266 g/mol. The summed E-state index contributed by atoms with van der Waals surface area (Å²) in [5.41, 5.74) is -3.15. The van der Waals surface area contributed by atoms with Gasteiger partial charge in [-0.25, -0.2) is 0 Å². The Bertz CT molecular complexity index is 483. The zero-order chi connectivity index (χ0) is 14.3. The molecule has 3 rings (SSSR count). The summed E-state index contributed by atoms with van der Waals surface area (Å²) in [7, 11) is 0. The molecule has 2 fully saturated rings. The molecule has 106 valence electrons. The third kappa shape index (κ3) is 1.28. The van der Waals surface area contributed by atoms with Gasteiger partial charge in [-0.1, -0.05) is 20.8 Å². The number of hydrogen-bond donors (Lipinski definition) is 3. The molecule has 2 saturated carbocycles. The van der Waals surface area contributed by atoms with E-state index >= 15 is 0 Å². The Morgan fingerprint density at radius 2 is 1.89 bits per heavy atom. The number of carbonyl (C=O) groups is 1. The summed E-state index contributed by atoms with van der Waals surface area (Å²) in [6, 6.07) is 0. The van der Waals surface area contributed by atoms with Crippen LogP contribution in [0.3, 0.4) is 0 Å². The molecule has 0 heterocycles. The van der Waals surface area contributed by atoms with Crippen molar-refractivity contribution in [1.29, 1.82) is 0 Å². The van der Waals surface area contributed by atoms with Crippen LogP contribution in [0.5, 0.6) is 0 Å². The van der Waals surface area contributed by atoms with Crippen LogP contribution in [0.15, 0.2) is 11.6 Å². The van der Waals surface area contributed by atoms with Crippen LogP contribution < -0.4 is 0 Å². The fourth-order valence-electron chi connectivity index (χ4n) is 4.87. The van der Waals surface area contributed by atoms with Crippen molar-refractivity contribution in [3.8, 4) is 0 Å². The Hall–Kier alpha value is -0.710. The maximum atomic E-state index is 11.3. The van der Waals surface area contributed by atoms with E-state index in [4.69, 9.17) is 0 Å². The van der Waals surface area contributed by atoms with Crippen molar-refractivity contribution in [1.82, 2.24) is 0 Å². The Morgan fingerprint density at radius 3 is 2.37 bits per heavy atom. The van der Waals surface area contributed by atoms with Gasteiger partial charge in [0.15, 0.2) is 0 Å². The van der Waals surface area contributed by atoms with Crippen LogP contribution in [0, 0.1) is 16.7 Å². The largest absolute Gasteiger partial charge is 0.392 e. The molecule has 4 nitrogen and oxygen atoms in total. The monoisotopic (exact) mass is 266 g/mol. The fraction of sp³-hybridized carbons (Fsp3) is 0.800. The van der Waals surface area contributed by atoms with Crippen LogP contribution in [0.25, 0.3) is 0 Å². The molecule has 0 spiro atoms. The second-order valence-electron chi connectivity index (χ2n) is 7.57. The van der Waals surface area contributed by atoms with Gasteiger partial charge in [0.05, 0.1) is 17.3 Å². The molecular formula is C15H22O4. The van der Waals surface area contributed by atoms with Crippen molar-refractivity contribution >= 4 is 6.29 Å². The zero-order valence-electron chi connectivity index (χ0n) is 11.7. The second kappa shape index (κ2) is 3.30. The minimum atomic E-state index is -1.19. The highest BCUT2D eigenvalue weighted by Gasteiger charge is 2.73. The lowest BCUT2D eigenvalue weighted by molar-refractivity contribution is -0.218. The van der Waals surface area contributed by atoms with E-state index in [0.717, 1.165) is 6.42 Å². The smallest absolute Gasteiger partial charge is 0.148 e. The van der Waals surface area contributed by atoms with Crippen molar-refractivity contribution < 1.29 is 20.1 Å². The van der Waals surface area contributed by atoms with Gasteiger partial charge in [-0.3, -0.25) is 4.79 Å². The number of fused-ring (bicyclic) bond motifs is 3. The standard InChI is InChI=1S/C15H22O4/c1-12(2)8-14(18)6-9(7-16)15(19)5-4-13(15,3)10(14)11(12)17/h6-7,10-11,17-19H,4-5,8H2,1-3H3/t10?,11-,13-,14?,15?/m1/s1. The van der Waals surface area contributed by atoms with Crippen LogP contribution >= 0.6 is 0 Å². The van der Waals surface area contributed by atoms with E-state index < -0.39 is 34.1 Å². The van der Waals surface area contributed by atoms with E-state index in [1.807, 2.05) is 20.8 Å².